The second-order valence-electron chi connectivity index (χ2n) is 4.50. The molecule has 102 valence electrons. The quantitative estimate of drug-likeness (QED) is 0.456. The summed E-state index contributed by atoms with van der Waals surface area (Å²) < 4.78 is 5.10. The summed E-state index contributed by atoms with van der Waals surface area (Å²) in [5.41, 5.74) is -1.12. The normalized spacial score (nSPS) is 11.5. The molecule has 0 rings (SSSR count). The van der Waals surface area contributed by atoms with Gasteiger partial charge in [0.05, 0.1) is 19.8 Å². The van der Waals surface area contributed by atoms with Crippen LogP contribution >= 0.6 is 0 Å². The van der Waals surface area contributed by atoms with E-state index < -0.39 is 11.4 Å². The molecule has 0 aromatic carbocycles. The van der Waals surface area contributed by atoms with Gasteiger partial charge in [0.1, 0.15) is 5.41 Å². The number of esters is 1. The largest absolute Gasteiger partial charge is 0.465 e. The van der Waals surface area contributed by atoms with Crippen molar-refractivity contribution < 1.29 is 19.7 Å². The first-order valence-corrected chi connectivity index (χ1v) is 6.55. The molecule has 0 aromatic heterocycles. The van der Waals surface area contributed by atoms with Crippen LogP contribution in [0.25, 0.3) is 0 Å². The van der Waals surface area contributed by atoms with E-state index in [2.05, 4.69) is 6.92 Å². The van der Waals surface area contributed by atoms with E-state index in [1.165, 1.54) is 12.8 Å². The van der Waals surface area contributed by atoms with Crippen molar-refractivity contribution in [1.29, 1.82) is 0 Å². The van der Waals surface area contributed by atoms with Gasteiger partial charge in [0, 0.05) is 0 Å². The molecule has 0 aromatic rings. The van der Waals surface area contributed by atoms with Crippen LogP contribution in [0.3, 0.4) is 0 Å². The second kappa shape index (κ2) is 9.42. The number of unbranched alkanes of at least 4 members (excludes halogenated alkanes) is 4. The molecule has 0 spiro atoms. The fourth-order valence-electron chi connectivity index (χ4n) is 1.57. The monoisotopic (exact) mass is 246 g/mol. The van der Waals surface area contributed by atoms with Crippen molar-refractivity contribution in [1.82, 2.24) is 0 Å². The van der Waals surface area contributed by atoms with E-state index in [1.807, 2.05) is 0 Å². The standard InChI is InChI=1S/C13H26O4/c1-3-5-6-7-8-9-17-12(16)13(4-2,10-14)11-15/h14-15H,3-11H2,1-2H3. The second-order valence-corrected chi connectivity index (χ2v) is 4.50. The summed E-state index contributed by atoms with van der Waals surface area (Å²) in [5, 5.41) is 18.3. The van der Waals surface area contributed by atoms with Crippen molar-refractivity contribution in [2.45, 2.75) is 52.4 Å². The van der Waals surface area contributed by atoms with Gasteiger partial charge in [-0.2, -0.15) is 0 Å². The van der Waals surface area contributed by atoms with E-state index in [0.717, 1.165) is 19.3 Å². The van der Waals surface area contributed by atoms with Crippen molar-refractivity contribution in [3.8, 4) is 0 Å². The van der Waals surface area contributed by atoms with Gasteiger partial charge in [-0.3, -0.25) is 4.79 Å². The molecule has 0 unspecified atom stereocenters. The van der Waals surface area contributed by atoms with Gasteiger partial charge in [-0.15, -0.1) is 0 Å². The Morgan fingerprint density at radius 3 is 2.12 bits per heavy atom. The highest BCUT2D eigenvalue weighted by molar-refractivity contribution is 5.77. The van der Waals surface area contributed by atoms with Crippen LogP contribution in [0.1, 0.15) is 52.4 Å². The minimum absolute atomic E-state index is 0.366. The topological polar surface area (TPSA) is 66.8 Å². The van der Waals surface area contributed by atoms with E-state index in [4.69, 9.17) is 14.9 Å². The number of aliphatic hydroxyl groups excluding tert-OH is 2. The molecule has 0 aliphatic rings. The smallest absolute Gasteiger partial charge is 0.316 e. The summed E-state index contributed by atoms with van der Waals surface area (Å²) >= 11 is 0. The van der Waals surface area contributed by atoms with Crippen molar-refractivity contribution in [2.24, 2.45) is 5.41 Å². The van der Waals surface area contributed by atoms with E-state index in [-0.39, 0.29) is 13.2 Å². The molecule has 0 radical (unpaired) electrons. The van der Waals surface area contributed by atoms with Crippen molar-refractivity contribution >= 4 is 5.97 Å². The number of aliphatic hydroxyl groups is 2. The lowest BCUT2D eigenvalue weighted by molar-refractivity contribution is -0.162. The average molecular weight is 246 g/mol. The number of carbonyl (C=O) groups is 1. The minimum Gasteiger partial charge on any atom is -0.465 e. The molecule has 0 aliphatic carbocycles. The van der Waals surface area contributed by atoms with Gasteiger partial charge in [0.25, 0.3) is 0 Å². The third kappa shape index (κ3) is 5.50. The summed E-state index contributed by atoms with van der Waals surface area (Å²) in [5.74, 6) is -0.486. The maximum Gasteiger partial charge on any atom is 0.316 e. The zero-order valence-electron chi connectivity index (χ0n) is 11.1. The van der Waals surface area contributed by atoms with Gasteiger partial charge in [0.2, 0.25) is 0 Å². The predicted octanol–water partition coefficient (Wildman–Crippen LogP) is 1.88. The molecule has 0 saturated heterocycles. The molecule has 0 atom stereocenters. The van der Waals surface area contributed by atoms with Crippen LogP contribution in [0.2, 0.25) is 0 Å². The van der Waals surface area contributed by atoms with E-state index in [9.17, 15) is 4.79 Å². The molecule has 4 nitrogen and oxygen atoms in total. The third-order valence-corrected chi connectivity index (χ3v) is 3.20. The van der Waals surface area contributed by atoms with Crippen molar-refractivity contribution in [3.63, 3.8) is 0 Å². The highest BCUT2D eigenvalue weighted by Crippen LogP contribution is 2.22. The van der Waals surface area contributed by atoms with Crippen LogP contribution in [-0.2, 0) is 9.53 Å². The van der Waals surface area contributed by atoms with Gasteiger partial charge in [-0.1, -0.05) is 39.5 Å². The first-order chi connectivity index (χ1) is 8.16. The Bertz CT molecular complexity index is 191. The number of hydrogen-bond acceptors (Lipinski definition) is 4. The molecule has 4 heteroatoms. The van der Waals surface area contributed by atoms with Crippen LogP contribution in [-0.4, -0.2) is 36.0 Å². The number of ether oxygens (including phenoxy) is 1. The van der Waals surface area contributed by atoms with Crippen LogP contribution in [0.4, 0.5) is 0 Å². The summed E-state index contributed by atoms with van der Waals surface area (Å²) in [6, 6.07) is 0. The predicted molar refractivity (Wildman–Crippen MR) is 66.6 cm³/mol. The Kier molecular flexibility index (Phi) is 9.09. The molecule has 0 saturated carbocycles. The van der Waals surface area contributed by atoms with E-state index >= 15 is 0 Å². The lowest BCUT2D eigenvalue weighted by Gasteiger charge is -2.25. The average Bonchev–Trinajstić information content (AvgIpc) is 2.36. The highest BCUT2D eigenvalue weighted by Gasteiger charge is 2.37. The summed E-state index contributed by atoms with van der Waals surface area (Å²) in [6.45, 7) is 3.56. The molecular formula is C13H26O4. The Balaban J connectivity index is 3.83. The maximum atomic E-state index is 11.7. The third-order valence-electron chi connectivity index (χ3n) is 3.20. The molecule has 2 N–H and O–H groups in total. The number of carbonyl (C=O) groups excluding carboxylic acids is 1. The number of hydrogen-bond donors (Lipinski definition) is 2. The summed E-state index contributed by atoms with van der Waals surface area (Å²) in [4.78, 5) is 11.7. The van der Waals surface area contributed by atoms with Crippen LogP contribution in [0.5, 0.6) is 0 Å². The zero-order valence-corrected chi connectivity index (χ0v) is 11.1. The Morgan fingerprint density at radius 2 is 1.65 bits per heavy atom. The van der Waals surface area contributed by atoms with E-state index in [0.29, 0.717) is 13.0 Å². The molecule has 0 fully saturated rings. The SMILES string of the molecule is CCCCCCCOC(=O)C(CC)(CO)CO. The first-order valence-electron chi connectivity index (χ1n) is 6.55. The summed E-state index contributed by atoms with van der Waals surface area (Å²) in [6.07, 6.45) is 5.84. The fraction of sp³-hybridized carbons (Fsp3) is 0.923. The number of rotatable bonds is 10. The molecule has 17 heavy (non-hydrogen) atoms. The Morgan fingerprint density at radius 1 is 1.06 bits per heavy atom. The molecule has 0 bridgehead atoms. The zero-order chi connectivity index (χ0) is 13.1. The van der Waals surface area contributed by atoms with Gasteiger partial charge >= 0.3 is 5.97 Å². The van der Waals surface area contributed by atoms with Crippen LogP contribution in [0.15, 0.2) is 0 Å². The minimum atomic E-state index is -1.12. The first kappa shape index (κ1) is 16.4. The van der Waals surface area contributed by atoms with Crippen LogP contribution < -0.4 is 0 Å². The lowest BCUT2D eigenvalue weighted by atomic mass is 9.87. The van der Waals surface area contributed by atoms with Gasteiger partial charge < -0.3 is 14.9 Å². The molecule has 0 amide bonds. The highest BCUT2D eigenvalue weighted by atomic mass is 16.5. The van der Waals surface area contributed by atoms with Gasteiger partial charge in [0.15, 0.2) is 0 Å². The lowest BCUT2D eigenvalue weighted by Crippen LogP contribution is -2.39. The van der Waals surface area contributed by atoms with Gasteiger partial charge in [-0.25, -0.2) is 0 Å². The van der Waals surface area contributed by atoms with E-state index in [1.54, 1.807) is 6.92 Å². The Hall–Kier alpha value is -0.610. The molecule has 0 aliphatic heterocycles. The molecular weight excluding hydrogens is 220 g/mol. The Labute approximate surface area is 104 Å². The maximum absolute atomic E-state index is 11.7. The molecule has 0 heterocycles. The van der Waals surface area contributed by atoms with Gasteiger partial charge in [-0.05, 0) is 12.8 Å². The fourth-order valence-corrected chi connectivity index (χ4v) is 1.57. The van der Waals surface area contributed by atoms with Crippen molar-refractivity contribution in [2.75, 3.05) is 19.8 Å². The van der Waals surface area contributed by atoms with Crippen LogP contribution in [0, 0.1) is 5.41 Å². The summed E-state index contributed by atoms with van der Waals surface area (Å²) in [7, 11) is 0. The van der Waals surface area contributed by atoms with Crippen molar-refractivity contribution in [3.05, 3.63) is 0 Å².